The van der Waals surface area contributed by atoms with Gasteiger partial charge in [-0.1, -0.05) is 6.42 Å². The Kier molecular flexibility index (Phi) is 4.41. The Bertz CT molecular complexity index is 467. The van der Waals surface area contributed by atoms with Crippen molar-refractivity contribution in [3.05, 3.63) is 10.8 Å². The van der Waals surface area contributed by atoms with Crippen LogP contribution in [0.15, 0.2) is 10.8 Å². The first kappa shape index (κ1) is 14.1. The Morgan fingerprint density at radius 1 is 1.25 bits per heavy atom. The van der Waals surface area contributed by atoms with Gasteiger partial charge in [0.2, 0.25) is 0 Å². The summed E-state index contributed by atoms with van der Waals surface area (Å²) in [7, 11) is 0. The predicted octanol–water partition coefficient (Wildman–Crippen LogP) is 2.71. The molecule has 2 unspecified atom stereocenters. The summed E-state index contributed by atoms with van der Waals surface area (Å²) in [5, 5.41) is 6.88. The minimum atomic E-state index is 0.510. The normalized spacial score (nSPS) is 26.3. The van der Waals surface area contributed by atoms with Crippen molar-refractivity contribution in [3.8, 4) is 0 Å². The highest BCUT2D eigenvalue weighted by Crippen LogP contribution is 2.32. The minimum Gasteiger partial charge on any atom is -0.369 e. The van der Waals surface area contributed by atoms with Crippen LogP contribution in [0, 0.1) is 0 Å². The fourth-order valence-electron chi connectivity index (χ4n) is 3.35. The van der Waals surface area contributed by atoms with Crippen molar-refractivity contribution in [1.82, 2.24) is 14.9 Å². The molecule has 6 heteroatoms. The lowest BCUT2D eigenvalue weighted by Gasteiger charge is -2.32. The minimum absolute atomic E-state index is 0.510. The first-order chi connectivity index (χ1) is 9.79. The van der Waals surface area contributed by atoms with Gasteiger partial charge in [0, 0.05) is 25.2 Å². The van der Waals surface area contributed by atoms with Crippen molar-refractivity contribution in [2.45, 2.75) is 44.7 Å². The summed E-state index contributed by atoms with van der Waals surface area (Å²) in [5.74, 6) is 1.77. The van der Waals surface area contributed by atoms with E-state index in [-0.39, 0.29) is 0 Å². The number of piperidine rings is 1. The van der Waals surface area contributed by atoms with Gasteiger partial charge in [-0.2, -0.15) is 0 Å². The fraction of sp³-hybridized carbons (Fsp3) is 0.714. The van der Waals surface area contributed by atoms with Gasteiger partial charge in [0.1, 0.15) is 22.4 Å². The quantitative estimate of drug-likeness (QED) is 0.883. The highest BCUT2D eigenvalue weighted by molar-refractivity contribution is 9.10. The zero-order valence-electron chi connectivity index (χ0n) is 11.9. The Hall–Kier alpha value is -0.880. The summed E-state index contributed by atoms with van der Waals surface area (Å²) < 4.78 is 0.941. The van der Waals surface area contributed by atoms with E-state index in [9.17, 15) is 0 Å². The average molecular weight is 340 g/mol. The fourth-order valence-corrected chi connectivity index (χ4v) is 3.81. The van der Waals surface area contributed by atoms with Gasteiger partial charge in [0.05, 0.1) is 0 Å². The van der Waals surface area contributed by atoms with Gasteiger partial charge in [-0.05, 0) is 48.7 Å². The molecule has 2 aliphatic rings. The number of fused-ring (bicyclic) bond motifs is 1. The second-order valence-corrected chi connectivity index (χ2v) is 6.35. The number of hydrogen-bond acceptors (Lipinski definition) is 5. The SMILES string of the molecule is CCNc1ncnc(NC2CCN3CCCCC23)c1Br. The maximum absolute atomic E-state index is 4.39. The first-order valence-corrected chi connectivity index (χ1v) is 8.34. The van der Waals surface area contributed by atoms with E-state index >= 15 is 0 Å². The molecule has 20 heavy (non-hydrogen) atoms. The number of aromatic nitrogens is 2. The summed E-state index contributed by atoms with van der Waals surface area (Å²) in [5.41, 5.74) is 0. The number of rotatable bonds is 4. The third-order valence-corrected chi connectivity index (χ3v) is 5.06. The van der Waals surface area contributed by atoms with Crippen LogP contribution in [0.2, 0.25) is 0 Å². The van der Waals surface area contributed by atoms with Crippen molar-refractivity contribution in [2.24, 2.45) is 0 Å². The highest BCUT2D eigenvalue weighted by atomic mass is 79.9. The van der Waals surface area contributed by atoms with Crippen LogP contribution in [-0.4, -0.2) is 46.6 Å². The number of anilines is 2. The number of halogens is 1. The third kappa shape index (κ3) is 2.76. The Morgan fingerprint density at radius 2 is 2.10 bits per heavy atom. The molecule has 0 aliphatic carbocycles. The summed E-state index contributed by atoms with van der Waals surface area (Å²) in [6, 6.07) is 1.18. The van der Waals surface area contributed by atoms with Crippen LogP contribution in [0.25, 0.3) is 0 Å². The lowest BCUT2D eigenvalue weighted by Crippen LogP contribution is -2.41. The second-order valence-electron chi connectivity index (χ2n) is 5.55. The first-order valence-electron chi connectivity index (χ1n) is 7.54. The van der Waals surface area contributed by atoms with Crippen LogP contribution in [-0.2, 0) is 0 Å². The van der Waals surface area contributed by atoms with Gasteiger partial charge in [-0.15, -0.1) is 0 Å². The Labute approximate surface area is 128 Å². The van der Waals surface area contributed by atoms with Crippen molar-refractivity contribution < 1.29 is 0 Å². The summed E-state index contributed by atoms with van der Waals surface area (Å²) >= 11 is 3.61. The molecule has 2 saturated heterocycles. The third-order valence-electron chi connectivity index (χ3n) is 4.31. The van der Waals surface area contributed by atoms with E-state index in [1.807, 2.05) is 0 Å². The van der Waals surface area contributed by atoms with E-state index in [0.29, 0.717) is 12.1 Å². The highest BCUT2D eigenvalue weighted by Gasteiger charge is 2.35. The number of nitrogens with zero attached hydrogens (tertiary/aromatic N) is 3. The predicted molar refractivity (Wildman–Crippen MR) is 85.1 cm³/mol. The average Bonchev–Trinajstić information content (AvgIpc) is 2.87. The van der Waals surface area contributed by atoms with Gasteiger partial charge < -0.3 is 10.6 Å². The van der Waals surface area contributed by atoms with Crippen LogP contribution in [0.5, 0.6) is 0 Å². The zero-order valence-corrected chi connectivity index (χ0v) is 13.5. The number of nitrogens with one attached hydrogen (secondary N) is 2. The van der Waals surface area contributed by atoms with Crippen LogP contribution in [0.1, 0.15) is 32.6 Å². The van der Waals surface area contributed by atoms with Crippen molar-refractivity contribution in [2.75, 3.05) is 30.3 Å². The topological polar surface area (TPSA) is 53.1 Å². The molecule has 0 amide bonds. The van der Waals surface area contributed by atoms with Crippen molar-refractivity contribution in [3.63, 3.8) is 0 Å². The molecule has 0 bridgehead atoms. The van der Waals surface area contributed by atoms with Crippen molar-refractivity contribution >= 4 is 27.6 Å². The second kappa shape index (κ2) is 6.26. The van der Waals surface area contributed by atoms with E-state index < -0.39 is 0 Å². The van der Waals surface area contributed by atoms with Gasteiger partial charge in [-0.3, -0.25) is 4.90 Å². The molecule has 110 valence electrons. The molecule has 0 saturated carbocycles. The van der Waals surface area contributed by atoms with Gasteiger partial charge in [0.15, 0.2) is 0 Å². The van der Waals surface area contributed by atoms with E-state index in [1.165, 1.54) is 38.8 Å². The molecule has 3 rings (SSSR count). The van der Waals surface area contributed by atoms with E-state index in [0.717, 1.165) is 22.7 Å². The molecule has 0 radical (unpaired) electrons. The molecule has 1 aromatic rings. The summed E-state index contributed by atoms with van der Waals surface area (Å²) in [6.45, 7) is 5.40. The molecule has 2 aliphatic heterocycles. The molecular weight excluding hydrogens is 318 g/mol. The maximum atomic E-state index is 4.39. The van der Waals surface area contributed by atoms with Crippen LogP contribution in [0.4, 0.5) is 11.6 Å². The molecule has 3 heterocycles. The molecule has 2 atom stereocenters. The molecular formula is C14H22BrN5. The van der Waals surface area contributed by atoms with E-state index in [2.05, 4.69) is 48.4 Å². The van der Waals surface area contributed by atoms with Gasteiger partial charge >= 0.3 is 0 Å². The van der Waals surface area contributed by atoms with Crippen LogP contribution in [0.3, 0.4) is 0 Å². The van der Waals surface area contributed by atoms with Crippen LogP contribution < -0.4 is 10.6 Å². The number of hydrogen-bond donors (Lipinski definition) is 2. The molecule has 2 fully saturated rings. The molecule has 5 nitrogen and oxygen atoms in total. The Balaban J connectivity index is 1.73. The molecule has 1 aromatic heterocycles. The van der Waals surface area contributed by atoms with Gasteiger partial charge in [-0.25, -0.2) is 9.97 Å². The van der Waals surface area contributed by atoms with Crippen molar-refractivity contribution in [1.29, 1.82) is 0 Å². The maximum Gasteiger partial charge on any atom is 0.146 e. The summed E-state index contributed by atoms with van der Waals surface area (Å²) in [6.07, 6.45) is 6.84. The van der Waals surface area contributed by atoms with E-state index in [1.54, 1.807) is 6.33 Å². The standard InChI is InChI=1S/C14H22BrN5/c1-2-16-13-12(15)14(18-9-17-13)19-10-6-8-20-7-4-3-5-11(10)20/h9-11H,2-8H2,1H3,(H2,16,17,18,19). The zero-order chi connectivity index (χ0) is 13.9. The largest absolute Gasteiger partial charge is 0.369 e. The molecule has 0 spiro atoms. The lowest BCUT2D eigenvalue weighted by molar-refractivity contribution is 0.192. The smallest absolute Gasteiger partial charge is 0.146 e. The summed E-state index contributed by atoms with van der Waals surface area (Å²) in [4.78, 5) is 11.3. The van der Waals surface area contributed by atoms with E-state index in [4.69, 9.17) is 0 Å². The molecule has 2 N–H and O–H groups in total. The molecule has 0 aromatic carbocycles. The monoisotopic (exact) mass is 339 g/mol. The Morgan fingerprint density at radius 3 is 2.95 bits per heavy atom. The van der Waals surface area contributed by atoms with Gasteiger partial charge in [0.25, 0.3) is 0 Å². The lowest BCUT2D eigenvalue weighted by atomic mass is 9.99. The van der Waals surface area contributed by atoms with Crippen LogP contribution >= 0.6 is 15.9 Å².